The normalized spacial score (nSPS) is 12.3. The topological polar surface area (TPSA) is 50.3 Å². The number of anilines is 1. The van der Waals surface area contributed by atoms with Gasteiger partial charge in [0.25, 0.3) is 0 Å². The number of nitrogens with zero attached hydrogens (tertiary/aromatic N) is 2. The molecule has 0 aliphatic heterocycles. The first-order chi connectivity index (χ1) is 11.4. The smallest absolute Gasteiger partial charge is 0.375 e. The number of carbonyl (C=O) groups is 2. The molecule has 2 rings (SSSR count). The van der Waals surface area contributed by atoms with Gasteiger partial charge in [0, 0.05) is 31.2 Å². The van der Waals surface area contributed by atoms with Gasteiger partial charge in [-0.25, -0.2) is 0 Å². The molecule has 134 valence electrons. The van der Waals surface area contributed by atoms with Crippen molar-refractivity contribution in [1.82, 2.24) is 4.98 Å². The molecule has 0 spiro atoms. The van der Waals surface area contributed by atoms with Crippen LogP contribution in [0.15, 0.2) is 24.4 Å². The summed E-state index contributed by atoms with van der Waals surface area (Å²) in [7, 11) is 2.87. The van der Waals surface area contributed by atoms with Crippen LogP contribution in [-0.4, -0.2) is 41.4 Å². The van der Waals surface area contributed by atoms with Gasteiger partial charge in [0.2, 0.25) is 11.6 Å². The van der Waals surface area contributed by atoms with Gasteiger partial charge < -0.3 is 4.90 Å². The Labute approximate surface area is 149 Å². The monoisotopic (exact) mass is 396 g/mol. The van der Waals surface area contributed by atoms with E-state index in [1.807, 2.05) is 0 Å². The number of pyridine rings is 1. The van der Waals surface area contributed by atoms with Crippen molar-refractivity contribution in [1.29, 1.82) is 0 Å². The molecule has 0 aliphatic carbocycles. The number of benzene rings is 1. The van der Waals surface area contributed by atoms with Gasteiger partial charge in [0.05, 0.1) is 16.8 Å². The molecule has 10 heteroatoms. The standard InChI is InChI=1S/C15H10Cl2F4N2O2/c1-23(2)11-9(13(25)15(17,20)21)6-8(12(24)14(16,18)19)7-4-3-5-22-10(7)11/h3-6H,1-2H3. The van der Waals surface area contributed by atoms with Gasteiger partial charge in [-0.05, 0) is 35.3 Å². The molecular weight excluding hydrogens is 387 g/mol. The molecule has 4 nitrogen and oxygen atoms in total. The number of fused-ring (bicyclic) bond motifs is 1. The number of hydrogen-bond donors (Lipinski definition) is 0. The Morgan fingerprint density at radius 1 is 1.04 bits per heavy atom. The van der Waals surface area contributed by atoms with Crippen molar-refractivity contribution < 1.29 is 27.2 Å². The summed E-state index contributed by atoms with van der Waals surface area (Å²) in [5, 5.41) is -8.64. The molecule has 1 aromatic carbocycles. The van der Waals surface area contributed by atoms with Crippen LogP contribution in [0.2, 0.25) is 0 Å². The van der Waals surface area contributed by atoms with Crippen molar-refractivity contribution in [3.63, 3.8) is 0 Å². The lowest BCUT2D eigenvalue weighted by atomic mass is 9.96. The number of hydrogen-bond acceptors (Lipinski definition) is 4. The van der Waals surface area contributed by atoms with Crippen molar-refractivity contribution in [2.75, 3.05) is 19.0 Å². The molecule has 0 saturated carbocycles. The molecule has 0 fully saturated rings. The first kappa shape index (κ1) is 19.4. The fourth-order valence-electron chi connectivity index (χ4n) is 2.35. The lowest BCUT2D eigenvalue weighted by Crippen LogP contribution is -2.27. The first-order valence-corrected chi connectivity index (χ1v) is 7.43. The Morgan fingerprint density at radius 2 is 1.56 bits per heavy atom. The van der Waals surface area contributed by atoms with E-state index in [1.54, 1.807) is 0 Å². The van der Waals surface area contributed by atoms with Crippen LogP contribution >= 0.6 is 23.2 Å². The zero-order valence-electron chi connectivity index (χ0n) is 12.8. The molecule has 0 N–H and O–H groups in total. The lowest BCUT2D eigenvalue weighted by Gasteiger charge is -2.22. The second-order valence-corrected chi connectivity index (χ2v) is 6.22. The van der Waals surface area contributed by atoms with Crippen molar-refractivity contribution in [3.05, 3.63) is 35.5 Å². The van der Waals surface area contributed by atoms with Crippen LogP contribution in [0.4, 0.5) is 23.2 Å². The van der Waals surface area contributed by atoms with Crippen molar-refractivity contribution >= 4 is 51.4 Å². The van der Waals surface area contributed by atoms with E-state index < -0.39 is 33.5 Å². The average Bonchev–Trinajstić information content (AvgIpc) is 2.49. The number of Topliss-reactive ketones (excluding diaryl/α,β-unsaturated/α-hetero) is 2. The molecule has 0 unspecified atom stereocenters. The third kappa shape index (κ3) is 3.69. The predicted molar refractivity (Wildman–Crippen MR) is 86.3 cm³/mol. The molecular formula is C15H10Cl2F4N2O2. The van der Waals surface area contributed by atoms with Gasteiger partial charge in [-0.15, -0.1) is 0 Å². The number of carbonyl (C=O) groups excluding carboxylic acids is 2. The molecule has 0 amide bonds. The van der Waals surface area contributed by atoms with Crippen LogP contribution in [0.1, 0.15) is 20.7 Å². The van der Waals surface area contributed by atoms with E-state index in [0.29, 0.717) is 6.07 Å². The van der Waals surface area contributed by atoms with E-state index in [0.717, 1.165) is 0 Å². The molecule has 1 heterocycles. The van der Waals surface area contributed by atoms with E-state index in [1.165, 1.54) is 37.3 Å². The van der Waals surface area contributed by atoms with Gasteiger partial charge in [-0.3, -0.25) is 14.6 Å². The molecule has 0 bridgehead atoms. The zero-order chi connectivity index (χ0) is 19.2. The van der Waals surface area contributed by atoms with Crippen LogP contribution < -0.4 is 4.90 Å². The molecule has 0 radical (unpaired) electrons. The van der Waals surface area contributed by atoms with Gasteiger partial charge in [0.1, 0.15) is 0 Å². The Kier molecular flexibility index (Phi) is 4.98. The Bertz CT molecular complexity index is 861. The van der Waals surface area contributed by atoms with E-state index in [4.69, 9.17) is 23.2 Å². The SMILES string of the molecule is CN(C)c1c(C(=O)C(F)(F)Cl)cc(C(=O)C(F)(F)Cl)c2cccnc12. The van der Waals surface area contributed by atoms with Crippen LogP contribution in [-0.2, 0) is 0 Å². The molecule has 1 aromatic heterocycles. The van der Waals surface area contributed by atoms with Gasteiger partial charge in [-0.2, -0.15) is 17.6 Å². The summed E-state index contributed by atoms with van der Waals surface area (Å²) in [6.45, 7) is 0. The molecule has 0 aliphatic rings. The summed E-state index contributed by atoms with van der Waals surface area (Å²) < 4.78 is 53.2. The van der Waals surface area contributed by atoms with Crippen LogP contribution in [0.3, 0.4) is 0 Å². The highest BCUT2D eigenvalue weighted by Gasteiger charge is 2.42. The number of halogens is 6. The highest BCUT2D eigenvalue weighted by atomic mass is 35.5. The van der Waals surface area contributed by atoms with Gasteiger partial charge in [0.15, 0.2) is 0 Å². The largest absolute Gasteiger partial charge is 0.385 e. The molecule has 25 heavy (non-hydrogen) atoms. The number of ketones is 2. The minimum Gasteiger partial charge on any atom is -0.375 e. The summed E-state index contributed by atoms with van der Waals surface area (Å²) in [6, 6.07) is 3.29. The highest BCUT2D eigenvalue weighted by Crippen LogP contribution is 2.38. The quantitative estimate of drug-likeness (QED) is 0.428. The van der Waals surface area contributed by atoms with Gasteiger partial charge >= 0.3 is 10.8 Å². The first-order valence-electron chi connectivity index (χ1n) is 6.67. The second kappa shape index (κ2) is 6.42. The predicted octanol–water partition coefficient (Wildman–Crippen LogP) is 4.33. The fourth-order valence-corrected chi connectivity index (χ4v) is 2.55. The Morgan fingerprint density at radius 3 is 2.04 bits per heavy atom. The molecule has 0 atom stereocenters. The second-order valence-electron chi connectivity index (χ2n) is 5.27. The van der Waals surface area contributed by atoms with Crippen LogP contribution in [0.5, 0.6) is 0 Å². The van der Waals surface area contributed by atoms with Crippen molar-refractivity contribution in [2.45, 2.75) is 10.8 Å². The maximum atomic E-state index is 13.3. The Hall–Kier alpha value is -1.93. The van der Waals surface area contributed by atoms with Crippen LogP contribution in [0, 0.1) is 0 Å². The fraction of sp³-hybridized carbons (Fsp3) is 0.267. The third-order valence-electron chi connectivity index (χ3n) is 3.32. The lowest BCUT2D eigenvalue weighted by molar-refractivity contribution is 0.0530. The van der Waals surface area contributed by atoms with E-state index >= 15 is 0 Å². The highest BCUT2D eigenvalue weighted by molar-refractivity contribution is 6.38. The van der Waals surface area contributed by atoms with E-state index in [9.17, 15) is 27.2 Å². The summed E-state index contributed by atoms with van der Waals surface area (Å²) in [4.78, 5) is 29.1. The Balaban J connectivity index is 2.95. The van der Waals surface area contributed by atoms with Crippen molar-refractivity contribution in [3.8, 4) is 0 Å². The van der Waals surface area contributed by atoms with E-state index in [-0.39, 0.29) is 16.6 Å². The molecule has 2 aromatic rings. The summed E-state index contributed by atoms with van der Waals surface area (Å²) in [6.07, 6.45) is 1.26. The summed E-state index contributed by atoms with van der Waals surface area (Å²) in [5.74, 6) is -3.69. The number of aromatic nitrogens is 1. The zero-order valence-corrected chi connectivity index (χ0v) is 14.3. The summed E-state index contributed by atoms with van der Waals surface area (Å²) in [5.41, 5.74) is -1.61. The average molecular weight is 397 g/mol. The maximum Gasteiger partial charge on any atom is 0.385 e. The minimum atomic E-state index is -4.29. The minimum absolute atomic E-state index is 0.0639. The van der Waals surface area contributed by atoms with E-state index in [2.05, 4.69) is 4.98 Å². The molecule has 0 saturated heterocycles. The maximum absolute atomic E-state index is 13.3. The number of rotatable bonds is 5. The van der Waals surface area contributed by atoms with Crippen molar-refractivity contribution in [2.24, 2.45) is 0 Å². The van der Waals surface area contributed by atoms with Gasteiger partial charge in [-0.1, -0.05) is 6.07 Å². The number of alkyl halides is 6. The third-order valence-corrected chi connectivity index (χ3v) is 3.66. The van der Waals surface area contributed by atoms with Crippen LogP contribution in [0.25, 0.3) is 10.9 Å². The summed E-state index contributed by atoms with van der Waals surface area (Å²) >= 11 is 9.56.